The molecule has 6 heteroatoms. The summed E-state index contributed by atoms with van der Waals surface area (Å²) in [4.78, 5) is 13.0. The van der Waals surface area contributed by atoms with Crippen LogP contribution in [0.5, 0.6) is 6.01 Å². The molecule has 1 aromatic rings. The number of aromatic nitrogens is 3. The van der Waals surface area contributed by atoms with Gasteiger partial charge in [0.05, 0.1) is 6.61 Å². The van der Waals surface area contributed by atoms with Crippen molar-refractivity contribution in [2.24, 2.45) is 5.41 Å². The molecule has 0 amide bonds. The Morgan fingerprint density at radius 2 is 1.95 bits per heavy atom. The topological polar surface area (TPSA) is 72.0 Å². The Bertz CT molecular complexity index is 425. The van der Waals surface area contributed by atoms with Crippen LogP contribution in [0.2, 0.25) is 0 Å². The van der Waals surface area contributed by atoms with Gasteiger partial charge >= 0.3 is 6.01 Å². The second-order valence-corrected chi connectivity index (χ2v) is 5.81. The van der Waals surface area contributed by atoms with Crippen molar-refractivity contribution in [1.29, 1.82) is 0 Å². The number of hydrogen-bond donors (Lipinski definition) is 2. The Kier molecular flexibility index (Phi) is 4.62. The molecule has 112 valence electrons. The molecule has 1 aliphatic carbocycles. The Hall–Kier alpha value is -1.59. The number of rotatable bonds is 6. The van der Waals surface area contributed by atoms with Gasteiger partial charge in [0.1, 0.15) is 0 Å². The number of anilines is 2. The highest BCUT2D eigenvalue weighted by Gasteiger charge is 2.34. The summed E-state index contributed by atoms with van der Waals surface area (Å²) < 4.78 is 5.41. The summed E-state index contributed by atoms with van der Waals surface area (Å²) in [5.74, 6) is 1.16. The summed E-state index contributed by atoms with van der Waals surface area (Å²) >= 11 is 0. The van der Waals surface area contributed by atoms with Gasteiger partial charge in [-0.15, -0.1) is 0 Å². The van der Waals surface area contributed by atoms with Crippen LogP contribution >= 0.6 is 0 Å². The SMILES string of the molecule is CCNc1nc(NC2CCCC2(C)C)nc(OCC)n1. The lowest BCUT2D eigenvalue weighted by molar-refractivity contribution is 0.311. The van der Waals surface area contributed by atoms with E-state index in [1.807, 2.05) is 13.8 Å². The van der Waals surface area contributed by atoms with E-state index in [1.165, 1.54) is 12.8 Å². The summed E-state index contributed by atoms with van der Waals surface area (Å²) in [6.45, 7) is 9.82. The van der Waals surface area contributed by atoms with Crippen molar-refractivity contribution in [3.8, 4) is 6.01 Å². The van der Waals surface area contributed by atoms with E-state index in [1.54, 1.807) is 0 Å². The van der Waals surface area contributed by atoms with Crippen LogP contribution < -0.4 is 15.4 Å². The maximum absolute atomic E-state index is 5.41. The first-order chi connectivity index (χ1) is 9.55. The number of nitrogens with zero attached hydrogens (tertiary/aromatic N) is 3. The second kappa shape index (κ2) is 6.24. The molecule has 0 saturated heterocycles. The van der Waals surface area contributed by atoms with E-state index >= 15 is 0 Å². The van der Waals surface area contributed by atoms with Gasteiger partial charge in [-0.2, -0.15) is 15.0 Å². The molecule has 1 atom stereocenters. The van der Waals surface area contributed by atoms with Crippen molar-refractivity contribution >= 4 is 11.9 Å². The van der Waals surface area contributed by atoms with Crippen LogP contribution in [0.3, 0.4) is 0 Å². The quantitative estimate of drug-likeness (QED) is 0.834. The molecule has 0 spiro atoms. The lowest BCUT2D eigenvalue weighted by atomic mass is 9.87. The second-order valence-electron chi connectivity index (χ2n) is 5.81. The Morgan fingerprint density at radius 1 is 1.20 bits per heavy atom. The molecular formula is C14H25N5O. The molecule has 1 unspecified atom stereocenters. The molecule has 1 aromatic heterocycles. The molecule has 0 radical (unpaired) electrons. The van der Waals surface area contributed by atoms with Crippen LogP contribution in [-0.4, -0.2) is 34.1 Å². The van der Waals surface area contributed by atoms with Gasteiger partial charge in [0, 0.05) is 12.6 Å². The predicted octanol–water partition coefficient (Wildman–Crippen LogP) is 2.69. The van der Waals surface area contributed by atoms with Gasteiger partial charge in [-0.3, -0.25) is 0 Å². The van der Waals surface area contributed by atoms with Crippen molar-refractivity contribution in [3.05, 3.63) is 0 Å². The maximum Gasteiger partial charge on any atom is 0.323 e. The van der Waals surface area contributed by atoms with Crippen molar-refractivity contribution in [2.45, 2.75) is 53.0 Å². The summed E-state index contributed by atoms with van der Waals surface area (Å²) in [7, 11) is 0. The van der Waals surface area contributed by atoms with Gasteiger partial charge in [0.15, 0.2) is 0 Å². The lowest BCUT2D eigenvalue weighted by Crippen LogP contribution is -2.31. The van der Waals surface area contributed by atoms with E-state index in [2.05, 4.69) is 39.4 Å². The molecule has 20 heavy (non-hydrogen) atoms. The molecule has 1 heterocycles. The Labute approximate surface area is 120 Å². The van der Waals surface area contributed by atoms with Crippen LogP contribution in [0, 0.1) is 5.41 Å². The van der Waals surface area contributed by atoms with E-state index < -0.39 is 0 Å². The first kappa shape index (κ1) is 14.8. The molecule has 0 bridgehead atoms. The Morgan fingerprint density at radius 3 is 2.55 bits per heavy atom. The molecule has 0 aromatic carbocycles. The first-order valence-corrected chi connectivity index (χ1v) is 7.44. The fraction of sp³-hybridized carbons (Fsp3) is 0.786. The fourth-order valence-corrected chi connectivity index (χ4v) is 2.60. The van der Waals surface area contributed by atoms with Crippen LogP contribution in [0.15, 0.2) is 0 Å². The van der Waals surface area contributed by atoms with Gasteiger partial charge in [-0.25, -0.2) is 0 Å². The standard InChI is InChI=1S/C14H25N5O/c1-5-15-11-17-12(19-13(18-11)20-6-2)16-10-8-7-9-14(10,3)4/h10H,5-9H2,1-4H3,(H2,15,16,17,18,19). The third-order valence-electron chi connectivity index (χ3n) is 3.78. The zero-order valence-corrected chi connectivity index (χ0v) is 12.9. The smallest absolute Gasteiger partial charge is 0.323 e. The zero-order chi connectivity index (χ0) is 14.6. The minimum atomic E-state index is 0.275. The summed E-state index contributed by atoms with van der Waals surface area (Å²) in [6.07, 6.45) is 3.63. The van der Waals surface area contributed by atoms with Crippen LogP contribution in [0.25, 0.3) is 0 Å². The molecule has 1 aliphatic rings. The highest BCUT2D eigenvalue weighted by molar-refractivity contribution is 5.37. The van der Waals surface area contributed by atoms with Crippen molar-refractivity contribution in [1.82, 2.24) is 15.0 Å². The van der Waals surface area contributed by atoms with E-state index in [4.69, 9.17) is 4.74 Å². The summed E-state index contributed by atoms with van der Waals surface area (Å²) in [5, 5.41) is 6.56. The van der Waals surface area contributed by atoms with Gasteiger partial charge in [-0.1, -0.05) is 20.3 Å². The molecular weight excluding hydrogens is 254 g/mol. The average Bonchev–Trinajstić information content (AvgIpc) is 2.69. The summed E-state index contributed by atoms with van der Waals surface area (Å²) in [6, 6.07) is 0.769. The van der Waals surface area contributed by atoms with Crippen molar-refractivity contribution in [2.75, 3.05) is 23.8 Å². The van der Waals surface area contributed by atoms with Gasteiger partial charge in [0.25, 0.3) is 0 Å². The molecule has 1 fully saturated rings. The molecule has 6 nitrogen and oxygen atoms in total. The number of nitrogens with one attached hydrogen (secondary N) is 2. The van der Waals surface area contributed by atoms with Gasteiger partial charge < -0.3 is 15.4 Å². The monoisotopic (exact) mass is 279 g/mol. The highest BCUT2D eigenvalue weighted by atomic mass is 16.5. The van der Waals surface area contributed by atoms with Crippen LogP contribution in [0.1, 0.15) is 47.0 Å². The summed E-state index contributed by atoms with van der Waals surface area (Å²) in [5.41, 5.74) is 0.275. The third kappa shape index (κ3) is 3.49. The van der Waals surface area contributed by atoms with Crippen molar-refractivity contribution in [3.63, 3.8) is 0 Å². The minimum Gasteiger partial charge on any atom is -0.464 e. The normalized spacial score (nSPS) is 20.7. The lowest BCUT2D eigenvalue weighted by Gasteiger charge is -2.27. The predicted molar refractivity (Wildman–Crippen MR) is 80.2 cm³/mol. The first-order valence-electron chi connectivity index (χ1n) is 7.44. The van der Waals surface area contributed by atoms with E-state index in [0.29, 0.717) is 30.6 Å². The number of ether oxygens (including phenoxy) is 1. The van der Waals surface area contributed by atoms with Crippen LogP contribution in [0.4, 0.5) is 11.9 Å². The van der Waals surface area contributed by atoms with Gasteiger partial charge in [0.2, 0.25) is 11.9 Å². The minimum absolute atomic E-state index is 0.275. The molecule has 2 rings (SSSR count). The van der Waals surface area contributed by atoms with E-state index in [-0.39, 0.29) is 5.41 Å². The molecule has 2 N–H and O–H groups in total. The van der Waals surface area contributed by atoms with Crippen LogP contribution in [-0.2, 0) is 0 Å². The number of hydrogen-bond acceptors (Lipinski definition) is 6. The largest absolute Gasteiger partial charge is 0.464 e. The Balaban J connectivity index is 2.17. The highest BCUT2D eigenvalue weighted by Crippen LogP contribution is 2.38. The molecule has 1 saturated carbocycles. The third-order valence-corrected chi connectivity index (χ3v) is 3.78. The molecule has 0 aliphatic heterocycles. The zero-order valence-electron chi connectivity index (χ0n) is 12.9. The fourth-order valence-electron chi connectivity index (χ4n) is 2.60. The van der Waals surface area contributed by atoms with Crippen molar-refractivity contribution < 1.29 is 4.74 Å². The van der Waals surface area contributed by atoms with E-state index in [0.717, 1.165) is 13.0 Å². The van der Waals surface area contributed by atoms with E-state index in [9.17, 15) is 0 Å². The maximum atomic E-state index is 5.41. The average molecular weight is 279 g/mol. The van der Waals surface area contributed by atoms with Gasteiger partial charge in [-0.05, 0) is 32.1 Å².